The van der Waals surface area contributed by atoms with Crippen molar-refractivity contribution >= 4 is 11.3 Å². The third kappa shape index (κ3) is 3.55. The lowest BCUT2D eigenvalue weighted by Gasteiger charge is -2.04. The van der Waals surface area contributed by atoms with Gasteiger partial charge in [0.25, 0.3) is 0 Å². The number of aryl methyl sites for hydroxylation is 1. The molecule has 96 valence electrons. The van der Waals surface area contributed by atoms with E-state index >= 15 is 0 Å². The maximum absolute atomic E-state index is 5.71. The quantitative estimate of drug-likeness (QED) is 0.869. The van der Waals surface area contributed by atoms with E-state index in [-0.39, 0.29) is 0 Å². The van der Waals surface area contributed by atoms with Crippen LogP contribution in [-0.2, 0) is 19.6 Å². The second-order valence-corrected chi connectivity index (χ2v) is 5.24. The SMILES string of the molecule is CCc1ccc(OCc2ncc(CNC)s2)cc1. The lowest BCUT2D eigenvalue weighted by Crippen LogP contribution is -2.02. The van der Waals surface area contributed by atoms with Gasteiger partial charge in [-0.2, -0.15) is 0 Å². The van der Waals surface area contributed by atoms with Crippen LogP contribution in [0.2, 0.25) is 0 Å². The number of aromatic nitrogens is 1. The summed E-state index contributed by atoms with van der Waals surface area (Å²) in [5, 5.41) is 4.13. The van der Waals surface area contributed by atoms with Crippen molar-refractivity contribution < 1.29 is 4.74 Å². The van der Waals surface area contributed by atoms with Crippen LogP contribution in [0.25, 0.3) is 0 Å². The van der Waals surface area contributed by atoms with Crippen molar-refractivity contribution in [3.8, 4) is 5.75 Å². The molecule has 0 unspecified atom stereocenters. The molecule has 1 heterocycles. The van der Waals surface area contributed by atoms with Gasteiger partial charge in [-0.15, -0.1) is 11.3 Å². The first-order chi connectivity index (χ1) is 8.81. The van der Waals surface area contributed by atoms with Crippen LogP contribution in [0.5, 0.6) is 5.75 Å². The fraction of sp³-hybridized carbons (Fsp3) is 0.357. The molecule has 0 saturated heterocycles. The Hall–Kier alpha value is -1.39. The third-order valence-electron chi connectivity index (χ3n) is 2.65. The van der Waals surface area contributed by atoms with Crippen molar-refractivity contribution in [2.24, 2.45) is 0 Å². The van der Waals surface area contributed by atoms with Gasteiger partial charge in [-0.25, -0.2) is 4.98 Å². The molecule has 0 spiro atoms. The molecule has 2 rings (SSSR count). The van der Waals surface area contributed by atoms with E-state index in [2.05, 4.69) is 29.4 Å². The first-order valence-electron chi connectivity index (χ1n) is 6.11. The number of hydrogen-bond acceptors (Lipinski definition) is 4. The van der Waals surface area contributed by atoms with Crippen molar-refractivity contribution in [1.29, 1.82) is 0 Å². The maximum atomic E-state index is 5.71. The lowest BCUT2D eigenvalue weighted by molar-refractivity contribution is 0.305. The Kier molecular flexibility index (Phi) is 4.73. The van der Waals surface area contributed by atoms with Gasteiger partial charge in [-0.1, -0.05) is 19.1 Å². The van der Waals surface area contributed by atoms with E-state index in [9.17, 15) is 0 Å². The van der Waals surface area contributed by atoms with E-state index in [0.29, 0.717) is 6.61 Å². The van der Waals surface area contributed by atoms with Crippen molar-refractivity contribution in [3.05, 3.63) is 45.9 Å². The van der Waals surface area contributed by atoms with Crippen LogP contribution in [0.15, 0.2) is 30.5 Å². The predicted octanol–water partition coefficient (Wildman–Crippen LogP) is 3.00. The summed E-state index contributed by atoms with van der Waals surface area (Å²) in [6.45, 7) is 3.55. The molecule has 0 radical (unpaired) electrons. The summed E-state index contributed by atoms with van der Waals surface area (Å²) in [7, 11) is 1.94. The third-order valence-corrected chi connectivity index (χ3v) is 3.62. The highest BCUT2D eigenvalue weighted by Gasteiger charge is 2.02. The number of nitrogens with one attached hydrogen (secondary N) is 1. The highest BCUT2D eigenvalue weighted by atomic mass is 32.1. The Labute approximate surface area is 112 Å². The molecule has 0 atom stereocenters. The monoisotopic (exact) mass is 262 g/mol. The smallest absolute Gasteiger partial charge is 0.140 e. The van der Waals surface area contributed by atoms with Crippen LogP contribution >= 0.6 is 11.3 Å². The van der Waals surface area contributed by atoms with E-state index < -0.39 is 0 Å². The van der Waals surface area contributed by atoms with Gasteiger partial charge in [0.15, 0.2) is 0 Å². The summed E-state index contributed by atoms with van der Waals surface area (Å²) < 4.78 is 5.71. The molecule has 0 aliphatic carbocycles. The van der Waals surface area contributed by atoms with Gasteiger partial charge >= 0.3 is 0 Å². The number of thiazole rings is 1. The van der Waals surface area contributed by atoms with Crippen LogP contribution in [0.1, 0.15) is 22.4 Å². The fourth-order valence-electron chi connectivity index (χ4n) is 1.64. The minimum Gasteiger partial charge on any atom is -0.486 e. The van der Waals surface area contributed by atoms with E-state index in [1.165, 1.54) is 10.4 Å². The van der Waals surface area contributed by atoms with Crippen molar-refractivity contribution in [1.82, 2.24) is 10.3 Å². The Bertz CT molecular complexity index is 479. The van der Waals surface area contributed by atoms with Crippen molar-refractivity contribution in [3.63, 3.8) is 0 Å². The minimum absolute atomic E-state index is 0.542. The molecule has 2 aromatic rings. The lowest BCUT2D eigenvalue weighted by atomic mass is 10.2. The highest BCUT2D eigenvalue weighted by Crippen LogP contribution is 2.17. The Balaban J connectivity index is 1.89. The van der Waals surface area contributed by atoms with Gasteiger partial charge in [0.1, 0.15) is 17.4 Å². The molecule has 0 bridgehead atoms. The van der Waals surface area contributed by atoms with Crippen LogP contribution in [0.4, 0.5) is 0 Å². The molecule has 1 N–H and O–H groups in total. The largest absolute Gasteiger partial charge is 0.486 e. The van der Waals surface area contributed by atoms with Gasteiger partial charge < -0.3 is 10.1 Å². The molecule has 0 aliphatic rings. The zero-order valence-corrected chi connectivity index (χ0v) is 11.6. The number of nitrogens with zero attached hydrogens (tertiary/aromatic N) is 1. The molecule has 4 heteroatoms. The molecule has 0 fully saturated rings. The first kappa shape index (κ1) is 13.1. The van der Waals surface area contributed by atoms with Crippen molar-refractivity contribution in [2.45, 2.75) is 26.5 Å². The van der Waals surface area contributed by atoms with Gasteiger partial charge in [0, 0.05) is 17.6 Å². The molecular formula is C14H18N2OS. The second kappa shape index (κ2) is 6.52. The number of ether oxygens (including phenoxy) is 1. The number of hydrogen-bond donors (Lipinski definition) is 1. The normalized spacial score (nSPS) is 10.6. The summed E-state index contributed by atoms with van der Waals surface area (Å²) in [5.74, 6) is 0.901. The second-order valence-electron chi connectivity index (χ2n) is 4.04. The van der Waals surface area contributed by atoms with Crippen LogP contribution in [-0.4, -0.2) is 12.0 Å². The number of benzene rings is 1. The van der Waals surface area contributed by atoms with Gasteiger partial charge in [0.05, 0.1) is 0 Å². The maximum Gasteiger partial charge on any atom is 0.140 e. The molecule has 0 amide bonds. The molecule has 3 nitrogen and oxygen atoms in total. The highest BCUT2D eigenvalue weighted by molar-refractivity contribution is 7.11. The van der Waals surface area contributed by atoms with E-state index in [1.54, 1.807) is 11.3 Å². The molecule has 0 aliphatic heterocycles. The Morgan fingerprint density at radius 3 is 2.72 bits per heavy atom. The zero-order chi connectivity index (χ0) is 12.8. The van der Waals surface area contributed by atoms with Gasteiger partial charge in [-0.3, -0.25) is 0 Å². The average molecular weight is 262 g/mol. The minimum atomic E-state index is 0.542. The molecular weight excluding hydrogens is 244 g/mol. The van der Waals surface area contributed by atoms with Crippen LogP contribution in [0, 0.1) is 0 Å². The van der Waals surface area contributed by atoms with Gasteiger partial charge in [-0.05, 0) is 31.2 Å². The molecule has 1 aromatic carbocycles. The Morgan fingerprint density at radius 1 is 1.28 bits per heavy atom. The summed E-state index contributed by atoms with van der Waals surface area (Å²) in [6, 6.07) is 8.23. The average Bonchev–Trinajstić information content (AvgIpc) is 2.85. The standard InChI is InChI=1S/C14H18N2OS/c1-3-11-4-6-12(7-5-11)17-10-14-16-9-13(18-14)8-15-2/h4-7,9,15H,3,8,10H2,1-2H3. The molecule has 1 aromatic heterocycles. The molecule has 0 saturated carbocycles. The fourth-order valence-corrected chi connectivity index (χ4v) is 2.48. The van der Waals surface area contributed by atoms with Gasteiger partial charge in [0.2, 0.25) is 0 Å². The summed E-state index contributed by atoms with van der Waals surface area (Å²) in [4.78, 5) is 5.57. The first-order valence-corrected chi connectivity index (χ1v) is 6.93. The summed E-state index contributed by atoms with van der Waals surface area (Å²) >= 11 is 1.69. The molecule has 18 heavy (non-hydrogen) atoms. The van der Waals surface area contributed by atoms with E-state index in [1.807, 2.05) is 25.4 Å². The van der Waals surface area contributed by atoms with E-state index in [4.69, 9.17) is 4.74 Å². The topological polar surface area (TPSA) is 34.1 Å². The van der Waals surface area contributed by atoms with Crippen LogP contribution < -0.4 is 10.1 Å². The summed E-state index contributed by atoms with van der Waals surface area (Å²) in [6.07, 6.45) is 2.96. The van der Waals surface area contributed by atoms with Crippen molar-refractivity contribution in [2.75, 3.05) is 7.05 Å². The Morgan fingerprint density at radius 2 is 2.06 bits per heavy atom. The summed E-state index contributed by atoms with van der Waals surface area (Å²) in [5.41, 5.74) is 1.33. The number of rotatable bonds is 6. The van der Waals surface area contributed by atoms with Crippen LogP contribution in [0.3, 0.4) is 0 Å². The predicted molar refractivity (Wildman–Crippen MR) is 75.0 cm³/mol. The zero-order valence-electron chi connectivity index (χ0n) is 10.8. The van der Waals surface area contributed by atoms with E-state index in [0.717, 1.165) is 23.7 Å².